The Morgan fingerprint density at radius 1 is 0.889 bits per heavy atom. The molecule has 6 heteroatoms. The minimum atomic E-state index is -0.0803. The summed E-state index contributed by atoms with van der Waals surface area (Å²) in [5.41, 5.74) is 0.544. The molecule has 0 radical (unpaired) electrons. The molecule has 0 atom stereocenters. The monoisotopic (exact) mass is 329 g/mol. The number of nitrogens with zero attached hydrogens (tertiary/aromatic N) is 1. The Morgan fingerprint density at radius 2 is 1.39 bits per heavy atom. The lowest BCUT2D eigenvalue weighted by molar-refractivity contribution is 0.306. The third kappa shape index (κ3) is 3.37. The van der Waals surface area contributed by atoms with Gasteiger partial charge >= 0.3 is 0 Å². The Bertz CT molecular complexity index is 404. The first-order valence-electron chi connectivity index (χ1n) is 5.70. The van der Waals surface area contributed by atoms with Crippen LogP contribution in [-0.4, -0.2) is 29.6 Å². The van der Waals surface area contributed by atoms with E-state index in [4.69, 9.17) is 46.4 Å². The van der Waals surface area contributed by atoms with Crippen molar-refractivity contribution in [2.45, 2.75) is 20.3 Å². The zero-order valence-electron chi connectivity index (χ0n) is 10.2. The van der Waals surface area contributed by atoms with Crippen LogP contribution in [-0.2, 0) is 6.42 Å². The van der Waals surface area contributed by atoms with Crippen LogP contribution in [0.1, 0.15) is 19.4 Å². The molecular weight excluding hydrogens is 316 g/mol. The van der Waals surface area contributed by atoms with Crippen molar-refractivity contribution in [2.75, 3.05) is 19.6 Å². The van der Waals surface area contributed by atoms with Gasteiger partial charge in [0, 0.05) is 12.1 Å². The molecule has 0 aliphatic heterocycles. The maximum absolute atomic E-state index is 9.96. The molecule has 0 bridgehead atoms. The Labute approximate surface area is 127 Å². The largest absolute Gasteiger partial charge is 0.506 e. The highest BCUT2D eigenvalue weighted by Crippen LogP contribution is 2.45. The van der Waals surface area contributed by atoms with E-state index in [-0.39, 0.29) is 25.8 Å². The summed E-state index contributed by atoms with van der Waals surface area (Å²) in [5, 5.41) is 10.6. The smallest absolute Gasteiger partial charge is 0.140 e. The number of rotatable bonds is 5. The Morgan fingerprint density at radius 3 is 1.89 bits per heavy atom. The van der Waals surface area contributed by atoms with Gasteiger partial charge in [0.1, 0.15) is 10.8 Å². The summed E-state index contributed by atoms with van der Waals surface area (Å²) in [7, 11) is 0. The second kappa shape index (κ2) is 7.06. The van der Waals surface area contributed by atoms with Crippen molar-refractivity contribution in [3.05, 3.63) is 25.7 Å². The van der Waals surface area contributed by atoms with Crippen molar-refractivity contribution in [3.63, 3.8) is 0 Å². The Kier molecular flexibility index (Phi) is 6.36. The Balaban J connectivity index is 3.03. The highest BCUT2D eigenvalue weighted by Gasteiger charge is 2.19. The van der Waals surface area contributed by atoms with E-state index in [1.165, 1.54) is 0 Å². The maximum atomic E-state index is 9.96. The van der Waals surface area contributed by atoms with E-state index < -0.39 is 0 Å². The van der Waals surface area contributed by atoms with Crippen molar-refractivity contribution in [2.24, 2.45) is 0 Å². The molecular formula is C12H15Cl4NO. The highest BCUT2D eigenvalue weighted by molar-refractivity contribution is 6.52. The molecule has 1 rings (SSSR count). The molecule has 0 fully saturated rings. The standard InChI is InChI=1S/C12H15Cl4NO/c1-3-17(4-2)6-5-7-8(13)9(14)10(15)11(16)12(7)18/h18H,3-6H2,1-2H3. The number of hydrogen-bond acceptors (Lipinski definition) is 2. The molecule has 102 valence electrons. The fraction of sp³-hybridized carbons (Fsp3) is 0.500. The quantitative estimate of drug-likeness (QED) is 0.613. The van der Waals surface area contributed by atoms with Crippen LogP contribution in [0.4, 0.5) is 0 Å². The summed E-state index contributed by atoms with van der Waals surface area (Å²) in [6, 6.07) is 0. The second-order valence-electron chi connectivity index (χ2n) is 3.86. The van der Waals surface area contributed by atoms with Crippen LogP contribution in [0, 0.1) is 0 Å². The van der Waals surface area contributed by atoms with Crippen molar-refractivity contribution in [3.8, 4) is 5.75 Å². The number of aromatic hydroxyl groups is 1. The summed E-state index contributed by atoms with van der Waals surface area (Å²) < 4.78 is 0. The first-order valence-corrected chi connectivity index (χ1v) is 7.21. The lowest BCUT2D eigenvalue weighted by atomic mass is 10.1. The molecule has 0 saturated heterocycles. The first kappa shape index (κ1) is 16.2. The zero-order chi connectivity index (χ0) is 13.9. The molecule has 1 N–H and O–H groups in total. The molecule has 0 heterocycles. The zero-order valence-corrected chi connectivity index (χ0v) is 13.3. The van der Waals surface area contributed by atoms with Crippen LogP contribution in [0.15, 0.2) is 0 Å². The SMILES string of the molecule is CCN(CC)CCc1c(O)c(Cl)c(Cl)c(Cl)c1Cl. The number of phenolic OH excluding ortho intramolecular Hbond substituents is 1. The van der Waals surface area contributed by atoms with E-state index in [0.29, 0.717) is 12.0 Å². The molecule has 0 amide bonds. The molecule has 0 aromatic heterocycles. The van der Waals surface area contributed by atoms with Crippen molar-refractivity contribution in [1.82, 2.24) is 4.90 Å². The first-order chi connectivity index (χ1) is 8.43. The number of phenols is 1. The van der Waals surface area contributed by atoms with E-state index in [0.717, 1.165) is 19.6 Å². The van der Waals surface area contributed by atoms with Gasteiger partial charge in [-0.15, -0.1) is 0 Å². The van der Waals surface area contributed by atoms with Crippen LogP contribution in [0.3, 0.4) is 0 Å². The van der Waals surface area contributed by atoms with Gasteiger partial charge in [-0.2, -0.15) is 0 Å². The molecule has 1 aromatic carbocycles. The summed E-state index contributed by atoms with van der Waals surface area (Å²) in [6.45, 7) is 6.79. The number of halogens is 4. The van der Waals surface area contributed by atoms with Crippen molar-refractivity contribution in [1.29, 1.82) is 0 Å². The van der Waals surface area contributed by atoms with E-state index in [9.17, 15) is 5.11 Å². The van der Waals surface area contributed by atoms with E-state index in [2.05, 4.69) is 18.7 Å². The second-order valence-corrected chi connectivity index (χ2v) is 5.37. The molecule has 0 aliphatic carbocycles. The van der Waals surface area contributed by atoms with Gasteiger partial charge in [-0.1, -0.05) is 60.3 Å². The van der Waals surface area contributed by atoms with Gasteiger partial charge in [0.15, 0.2) is 0 Å². The van der Waals surface area contributed by atoms with Gasteiger partial charge in [-0.3, -0.25) is 0 Å². The van der Waals surface area contributed by atoms with Crippen molar-refractivity contribution < 1.29 is 5.11 Å². The van der Waals surface area contributed by atoms with Gasteiger partial charge in [0.2, 0.25) is 0 Å². The predicted molar refractivity (Wildman–Crippen MR) is 79.6 cm³/mol. The summed E-state index contributed by atoms with van der Waals surface area (Å²) in [6.07, 6.45) is 0.572. The average molecular weight is 331 g/mol. The third-order valence-corrected chi connectivity index (χ3v) is 4.74. The van der Waals surface area contributed by atoms with Crippen LogP contribution in [0.25, 0.3) is 0 Å². The van der Waals surface area contributed by atoms with Gasteiger partial charge in [-0.25, -0.2) is 0 Å². The van der Waals surface area contributed by atoms with E-state index in [1.807, 2.05) is 0 Å². The van der Waals surface area contributed by atoms with Gasteiger partial charge in [0.05, 0.1) is 15.1 Å². The van der Waals surface area contributed by atoms with Crippen LogP contribution in [0.5, 0.6) is 5.75 Å². The average Bonchev–Trinajstić information content (AvgIpc) is 2.38. The predicted octanol–water partition coefficient (Wildman–Crippen LogP) is 4.89. The topological polar surface area (TPSA) is 23.5 Å². The molecule has 0 aliphatic rings. The summed E-state index contributed by atoms with van der Waals surface area (Å²) >= 11 is 23.8. The maximum Gasteiger partial charge on any atom is 0.140 e. The van der Waals surface area contributed by atoms with Gasteiger partial charge in [0.25, 0.3) is 0 Å². The molecule has 2 nitrogen and oxygen atoms in total. The fourth-order valence-electron chi connectivity index (χ4n) is 1.70. The van der Waals surface area contributed by atoms with Gasteiger partial charge in [-0.05, 0) is 19.5 Å². The summed E-state index contributed by atoms with van der Waals surface area (Å²) in [5.74, 6) is -0.0803. The fourth-order valence-corrected chi connectivity index (χ4v) is 2.68. The van der Waals surface area contributed by atoms with Crippen molar-refractivity contribution >= 4 is 46.4 Å². The lowest BCUT2D eigenvalue weighted by Gasteiger charge is -2.19. The van der Waals surface area contributed by atoms with E-state index in [1.54, 1.807) is 0 Å². The van der Waals surface area contributed by atoms with Crippen LogP contribution >= 0.6 is 46.4 Å². The normalized spacial score (nSPS) is 11.3. The molecule has 1 aromatic rings. The molecule has 0 saturated carbocycles. The lowest BCUT2D eigenvalue weighted by Crippen LogP contribution is -2.25. The number of benzene rings is 1. The summed E-state index contributed by atoms with van der Waals surface area (Å²) in [4.78, 5) is 2.21. The molecule has 18 heavy (non-hydrogen) atoms. The minimum absolute atomic E-state index is 0.0561. The highest BCUT2D eigenvalue weighted by atomic mass is 35.5. The molecule has 0 spiro atoms. The van der Waals surface area contributed by atoms with Crippen LogP contribution in [0.2, 0.25) is 20.1 Å². The van der Waals surface area contributed by atoms with E-state index >= 15 is 0 Å². The minimum Gasteiger partial charge on any atom is -0.506 e. The van der Waals surface area contributed by atoms with Crippen LogP contribution < -0.4 is 0 Å². The Hall–Kier alpha value is 0.140. The number of hydrogen-bond donors (Lipinski definition) is 1. The number of likely N-dealkylation sites (N-methyl/N-ethyl adjacent to an activating group) is 1. The molecule has 0 unspecified atom stereocenters. The third-order valence-electron chi connectivity index (χ3n) is 2.91. The van der Waals surface area contributed by atoms with Gasteiger partial charge < -0.3 is 10.0 Å².